The maximum atomic E-state index is 13.0. The van der Waals surface area contributed by atoms with E-state index in [2.05, 4.69) is 20.5 Å². The van der Waals surface area contributed by atoms with E-state index in [1.54, 1.807) is 17.3 Å². The third-order valence-electron chi connectivity index (χ3n) is 4.23. The summed E-state index contributed by atoms with van der Waals surface area (Å²) in [4.78, 5) is 30.2. The van der Waals surface area contributed by atoms with Gasteiger partial charge in [-0.05, 0) is 17.7 Å². The summed E-state index contributed by atoms with van der Waals surface area (Å²) >= 11 is 0. The van der Waals surface area contributed by atoms with E-state index in [-0.39, 0.29) is 24.8 Å². The van der Waals surface area contributed by atoms with Crippen LogP contribution in [0.1, 0.15) is 33.7 Å². The Morgan fingerprint density at radius 1 is 1.32 bits per heavy atom. The van der Waals surface area contributed by atoms with Crippen LogP contribution in [0.5, 0.6) is 0 Å². The fraction of sp³-hybridized carbons (Fsp3) is 0.412. The highest BCUT2D eigenvalue weighted by Crippen LogP contribution is 2.18. The highest BCUT2D eigenvalue weighted by Gasteiger charge is 2.26. The molecular weight excluding hydrogens is 322 g/mol. The number of carbonyl (C=O) groups excluding carboxylic acids is 2. The van der Waals surface area contributed by atoms with Gasteiger partial charge >= 0.3 is 5.97 Å². The first kappa shape index (κ1) is 17.1. The lowest BCUT2D eigenvalue weighted by atomic mass is 10.1. The van der Waals surface area contributed by atoms with Crippen molar-refractivity contribution in [2.24, 2.45) is 0 Å². The van der Waals surface area contributed by atoms with Crippen molar-refractivity contribution in [2.45, 2.75) is 25.9 Å². The smallest absolute Gasteiger partial charge is 0.307 e. The normalized spacial score (nSPS) is 13.2. The van der Waals surface area contributed by atoms with Gasteiger partial charge in [0.25, 0.3) is 5.91 Å². The zero-order valence-electron chi connectivity index (χ0n) is 14.1. The molecular formula is C17H21N5O3. The third kappa shape index (κ3) is 4.03. The molecule has 2 aromatic rings. The minimum Gasteiger partial charge on any atom is -0.469 e. The van der Waals surface area contributed by atoms with Gasteiger partial charge in [0.05, 0.1) is 13.5 Å². The Bertz CT molecular complexity index is 744. The minimum absolute atomic E-state index is 0.137. The first-order chi connectivity index (χ1) is 12.2. The Kier molecular flexibility index (Phi) is 5.39. The fourth-order valence-corrected chi connectivity index (χ4v) is 2.84. The number of rotatable bonds is 6. The summed E-state index contributed by atoms with van der Waals surface area (Å²) in [6.45, 7) is 2.13. The number of nitrogens with zero attached hydrogens (tertiary/aromatic N) is 3. The number of carbonyl (C=O) groups is 2. The molecule has 0 saturated carbocycles. The third-order valence-corrected chi connectivity index (χ3v) is 4.23. The van der Waals surface area contributed by atoms with E-state index in [0.717, 1.165) is 29.8 Å². The Morgan fingerprint density at radius 2 is 2.12 bits per heavy atom. The molecule has 1 aliphatic heterocycles. The van der Waals surface area contributed by atoms with E-state index in [1.165, 1.54) is 7.11 Å². The average molecular weight is 343 g/mol. The van der Waals surface area contributed by atoms with Crippen LogP contribution in [0, 0.1) is 0 Å². The summed E-state index contributed by atoms with van der Waals surface area (Å²) in [6, 6.07) is 3.69. The summed E-state index contributed by atoms with van der Waals surface area (Å²) in [7, 11) is 1.34. The predicted molar refractivity (Wildman–Crippen MR) is 89.6 cm³/mol. The van der Waals surface area contributed by atoms with Gasteiger partial charge in [-0.2, -0.15) is 5.10 Å². The van der Waals surface area contributed by atoms with Crippen LogP contribution in [0.2, 0.25) is 0 Å². The first-order valence-corrected chi connectivity index (χ1v) is 8.21. The van der Waals surface area contributed by atoms with Gasteiger partial charge in [0.2, 0.25) is 0 Å². The summed E-state index contributed by atoms with van der Waals surface area (Å²) in [5.41, 5.74) is 3.27. The van der Waals surface area contributed by atoms with Gasteiger partial charge in [-0.3, -0.25) is 19.7 Å². The standard InChI is InChI=1S/C17H21N5O3/c1-25-15(23)5-9-22(11-12-2-6-18-7-3-12)17(24)16-13-10-19-8-4-14(13)20-21-16/h2-3,6-7,19H,4-5,8-11H2,1H3,(H,20,21). The van der Waals surface area contributed by atoms with Crippen molar-refractivity contribution in [3.05, 3.63) is 47.0 Å². The maximum Gasteiger partial charge on any atom is 0.307 e. The van der Waals surface area contributed by atoms with Gasteiger partial charge in [-0.25, -0.2) is 0 Å². The molecule has 25 heavy (non-hydrogen) atoms. The van der Waals surface area contributed by atoms with Gasteiger partial charge < -0.3 is 15.0 Å². The number of nitrogens with one attached hydrogen (secondary N) is 2. The molecule has 0 aromatic carbocycles. The lowest BCUT2D eigenvalue weighted by Gasteiger charge is -2.22. The number of methoxy groups -OCH3 is 1. The minimum atomic E-state index is -0.349. The highest BCUT2D eigenvalue weighted by molar-refractivity contribution is 5.94. The van der Waals surface area contributed by atoms with Crippen molar-refractivity contribution < 1.29 is 14.3 Å². The second kappa shape index (κ2) is 7.89. The van der Waals surface area contributed by atoms with Crippen LogP contribution in [0.15, 0.2) is 24.5 Å². The van der Waals surface area contributed by atoms with Crippen molar-refractivity contribution in [3.63, 3.8) is 0 Å². The molecule has 2 N–H and O–H groups in total. The number of hydrogen-bond donors (Lipinski definition) is 2. The van der Waals surface area contributed by atoms with E-state index in [9.17, 15) is 9.59 Å². The van der Waals surface area contributed by atoms with Crippen molar-refractivity contribution in [2.75, 3.05) is 20.2 Å². The van der Waals surface area contributed by atoms with E-state index in [1.807, 2.05) is 12.1 Å². The molecule has 0 bridgehead atoms. The Labute approximate surface area is 145 Å². The second-order valence-corrected chi connectivity index (χ2v) is 5.86. The van der Waals surface area contributed by atoms with Crippen LogP contribution in [-0.2, 0) is 29.0 Å². The fourth-order valence-electron chi connectivity index (χ4n) is 2.84. The lowest BCUT2D eigenvalue weighted by Crippen LogP contribution is -2.34. The zero-order chi connectivity index (χ0) is 17.6. The molecule has 0 spiro atoms. The Hall–Kier alpha value is -2.74. The quantitative estimate of drug-likeness (QED) is 0.747. The average Bonchev–Trinajstić information content (AvgIpc) is 3.09. The predicted octanol–water partition coefficient (Wildman–Crippen LogP) is 0.656. The SMILES string of the molecule is COC(=O)CCN(Cc1ccncc1)C(=O)c1n[nH]c2c1CNCC2. The van der Waals surface area contributed by atoms with Crippen LogP contribution >= 0.6 is 0 Å². The topological polar surface area (TPSA) is 100 Å². The summed E-state index contributed by atoms with van der Waals surface area (Å²) in [5, 5.41) is 10.4. The number of fused-ring (bicyclic) bond motifs is 1. The van der Waals surface area contributed by atoms with E-state index >= 15 is 0 Å². The molecule has 132 valence electrons. The number of aromatic amines is 1. The number of aromatic nitrogens is 3. The number of pyridine rings is 1. The van der Waals surface area contributed by atoms with Gasteiger partial charge in [0.1, 0.15) is 0 Å². The molecule has 1 amide bonds. The number of H-pyrrole nitrogens is 1. The van der Waals surface area contributed by atoms with Gasteiger partial charge in [0.15, 0.2) is 5.69 Å². The van der Waals surface area contributed by atoms with Crippen molar-refractivity contribution in [1.29, 1.82) is 0 Å². The Morgan fingerprint density at radius 3 is 2.88 bits per heavy atom. The molecule has 2 aromatic heterocycles. The first-order valence-electron chi connectivity index (χ1n) is 8.21. The molecule has 0 aliphatic carbocycles. The van der Waals surface area contributed by atoms with Crippen LogP contribution in [0.3, 0.4) is 0 Å². The molecule has 0 saturated heterocycles. The van der Waals surface area contributed by atoms with Crippen molar-refractivity contribution in [1.82, 2.24) is 25.4 Å². The molecule has 1 aliphatic rings. The molecule has 3 rings (SSSR count). The molecule has 3 heterocycles. The van der Waals surface area contributed by atoms with Crippen molar-refractivity contribution >= 4 is 11.9 Å². The Balaban J connectivity index is 1.81. The van der Waals surface area contributed by atoms with Gasteiger partial charge in [0, 0.05) is 56.3 Å². The van der Waals surface area contributed by atoms with Crippen LogP contribution in [0.4, 0.5) is 0 Å². The van der Waals surface area contributed by atoms with Crippen LogP contribution < -0.4 is 5.32 Å². The molecule has 0 fully saturated rings. The molecule has 0 radical (unpaired) electrons. The zero-order valence-corrected chi connectivity index (χ0v) is 14.1. The number of esters is 1. The number of amides is 1. The van der Waals surface area contributed by atoms with E-state index in [0.29, 0.717) is 18.8 Å². The van der Waals surface area contributed by atoms with Crippen molar-refractivity contribution in [3.8, 4) is 0 Å². The molecule has 0 atom stereocenters. The van der Waals surface area contributed by atoms with Gasteiger partial charge in [-0.1, -0.05) is 0 Å². The summed E-state index contributed by atoms with van der Waals surface area (Å²) < 4.78 is 4.69. The molecule has 0 unspecified atom stereocenters. The maximum absolute atomic E-state index is 13.0. The largest absolute Gasteiger partial charge is 0.469 e. The summed E-state index contributed by atoms with van der Waals surface area (Å²) in [5.74, 6) is -0.542. The monoisotopic (exact) mass is 343 g/mol. The van der Waals surface area contributed by atoms with E-state index < -0.39 is 0 Å². The number of hydrogen-bond acceptors (Lipinski definition) is 6. The summed E-state index contributed by atoms with van der Waals surface area (Å²) in [6.07, 6.45) is 4.32. The molecule has 8 nitrogen and oxygen atoms in total. The van der Waals surface area contributed by atoms with Gasteiger partial charge in [-0.15, -0.1) is 0 Å². The number of ether oxygens (including phenoxy) is 1. The van der Waals surface area contributed by atoms with Crippen LogP contribution in [0.25, 0.3) is 0 Å². The van der Waals surface area contributed by atoms with E-state index in [4.69, 9.17) is 4.74 Å². The molecule has 8 heteroatoms. The highest BCUT2D eigenvalue weighted by atomic mass is 16.5. The second-order valence-electron chi connectivity index (χ2n) is 5.86. The lowest BCUT2D eigenvalue weighted by molar-refractivity contribution is -0.140. The van der Waals surface area contributed by atoms with Crippen LogP contribution in [-0.4, -0.2) is 52.2 Å².